The number of carbonyl (C=O) groups excluding carboxylic acids is 2. The van der Waals surface area contributed by atoms with Crippen molar-refractivity contribution < 1.29 is 22.6 Å². The molecular formula is C10H14N4O5S. The van der Waals surface area contributed by atoms with Crippen LogP contribution in [0.4, 0.5) is 4.79 Å². The van der Waals surface area contributed by atoms with Crippen LogP contribution < -0.4 is 16.6 Å². The summed E-state index contributed by atoms with van der Waals surface area (Å²) in [6, 6.07) is -1.67. The van der Waals surface area contributed by atoms with Gasteiger partial charge in [-0.15, -0.1) is 0 Å². The molecule has 1 fully saturated rings. The zero-order chi connectivity index (χ0) is 15.1. The first-order chi connectivity index (χ1) is 9.20. The highest BCUT2D eigenvalue weighted by atomic mass is 32.2. The number of allylic oxidation sites excluding steroid dienone is 1. The second kappa shape index (κ2) is 4.89. The number of nitrogens with zero attached hydrogens (tertiary/aromatic N) is 1. The number of carbonyl (C=O) groups is 2. The van der Waals surface area contributed by atoms with Gasteiger partial charge in [-0.05, 0) is 5.57 Å². The SMILES string of the molecule is CN1C2=CC(=O)[C@H](NNC(N)=O)C=C2C[C@H]1S(=O)(=O)O. The van der Waals surface area contributed by atoms with Gasteiger partial charge < -0.3 is 10.6 Å². The molecule has 2 atom stereocenters. The summed E-state index contributed by atoms with van der Waals surface area (Å²) in [5, 5.41) is -1.12. The minimum Gasteiger partial charge on any atom is -0.356 e. The van der Waals surface area contributed by atoms with E-state index in [-0.39, 0.29) is 12.2 Å². The van der Waals surface area contributed by atoms with E-state index < -0.39 is 27.6 Å². The molecule has 2 rings (SSSR count). The molecule has 10 heteroatoms. The summed E-state index contributed by atoms with van der Waals surface area (Å²) < 4.78 is 31.6. The molecular weight excluding hydrogens is 288 g/mol. The molecule has 1 saturated heterocycles. The number of urea groups is 1. The van der Waals surface area contributed by atoms with Gasteiger partial charge in [0.25, 0.3) is 10.1 Å². The molecule has 2 aliphatic rings. The minimum absolute atomic E-state index is 0.0587. The van der Waals surface area contributed by atoms with Crippen LogP contribution in [-0.4, -0.2) is 48.1 Å². The number of ketones is 1. The van der Waals surface area contributed by atoms with Crippen LogP contribution in [-0.2, 0) is 14.9 Å². The van der Waals surface area contributed by atoms with Crippen LogP contribution in [0.2, 0.25) is 0 Å². The van der Waals surface area contributed by atoms with Gasteiger partial charge in [0.2, 0.25) is 0 Å². The molecule has 1 aliphatic heterocycles. The molecule has 0 bridgehead atoms. The lowest BCUT2D eigenvalue weighted by molar-refractivity contribution is -0.115. The molecule has 1 heterocycles. The van der Waals surface area contributed by atoms with Crippen molar-refractivity contribution in [3.8, 4) is 0 Å². The van der Waals surface area contributed by atoms with Gasteiger partial charge in [-0.1, -0.05) is 6.08 Å². The molecule has 0 aromatic rings. The number of rotatable bonds is 3. The Balaban J connectivity index is 2.24. The van der Waals surface area contributed by atoms with E-state index in [9.17, 15) is 18.0 Å². The predicted octanol–water partition coefficient (Wildman–Crippen LogP) is -1.53. The van der Waals surface area contributed by atoms with Crippen molar-refractivity contribution in [2.24, 2.45) is 5.73 Å². The molecule has 0 aromatic carbocycles. The van der Waals surface area contributed by atoms with E-state index in [1.165, 1.54) is 24.1 Å². The fraction of sp³-hybridized carbons (Fsp3) is 0.400. The van der Waals surface area contributed by atoms with Gasteiger partial charge in [0.05, 0.1) is 0 Å². The Labute approximate surface area is 115 Å². The van der Waals surface area contributed by atoms with Gasteiger partial charge in [0, 0.05) is 25.2 Å². The molecule has 110 valence electrons. The lowest BCUT2D eigenvalue weighted by atomic mass is 9.99. The molecule has 0 unspecified atom stereocenters. The first-order valence-corrected chi connectivity index (χ1v) is 7.17. The van der Waals surface area contributed by atoms with E-state index >= 15 is 0 Å². The van der Waals surface area contributed by atoms with E-state index in [4.69, 9.17) is 10.3 Å². The number of hydrazine groups is 1. The summed E-state index contributed by atoms with van der Waals surface area (Å²) in [6.45, 7) is 0. The van der Waals surface area contributed by atoms with E-state index in [0.29, 0.717) is 11.3 Å². The fourth-order valence-corrected chi connectivity index (χ4v) is 3.14. The number of hydrogen-bond acceptors (Lipinski definition) is 6. The highest BCUT2D eigenvalue weighted by molar-refractivity contribution is 7.86. The smallest absolute Gasteiger partial charge is 0.326 e. The first kappa shape index (κ1) is 14.5. The van der Waals surface area contributed by atoms with E-state index in [2.05, 4.69) is 10.9 Å². The van der Waals surface area contributed by atoms with Crippen molar-refractivity contribution in [1.29, 1.82) is 0 Å². The first-order valence-electron chi connectivity index (χ1n) is 5.67. The number of likely N-dealkylation sites (tertiary alicyclic amines) is 1. The average molecular weight is 302 g/mol. The summed E-state index contributed by atoms with van der Waals surface area (Å²) in [5.41, 5.74) is 10.4. The Kier molecular flexibility index (Phi) is 3.54. The summed E-state index contributed by atoms with van der Waals surface area (Å²) in [5.74, 6) is -0.361. The van der Waals surface area contributed by atoms with E-state index in [0.717, 1.165) is 0 Å². The highest BCUT2D eigenvalue weighted by Gasteiger charge is 2.40. The van der Waals surface area contributed by atoms with E-state index in [1.54, 1.807) is 0 Å². The van der Waals surface area contributed by atoms with Crippen molar-refractivity contribution in [3.05, 3.63) is 23.4 Å². The van der Waals surface area contributed by atoms with Gasteiger partial charge in [-0.3, -0.25) is 14.8 Å². The highest BCUT2D eigenvalue weighted by Crippen LogP contribution is 2.35. The Bertz CT molecular complexity index is 624. The van der Waals surface area contributed by atoms with Gasteiger partial charge in [-0.25, -0.2) is 10.2 Å². The third-order valence-corrected chi connectivity index (χ3v) is 4.35. The maximum Gasteiger partial charge on any atom is 0.326 e. The Hall–Kier alpha value is -1.91. The van der Waals surface area contributed by atoms with Crippen LogP contribution in [0.25, 0.3) is 0 Å². The van der Waals surface area contributed by atoms with Crippen LogP contribution in [0.3, 0.4) is 0 Å². The summed E-state index contributed by atoms with van der Waals surface area (Å²) >= 11 is 0. The van der Waals surface area contributed by atoms with Crippen LogP contribution in [0.15, 0.2) is 23.4 Å². The number of nitrogens with two attached hydrogens (primary N) is 1. The third kappa shape index (κ3) is 2.66. The lowest BCUT2D eigenvalue weighted by Gasteiger charge is -2.22. The van der Waals surface area contributed by atoms with Gasteiger partial charge in [0.15, 0.2) is 11.2 Å². The van der Waals surface area contributed by atoms with Crippen LogP contribution >= 0.6 is 0 Å². The average Bonchev–Trinajstić information content (AvgIpc) is 2.63. The maximum absolute atomic E-state index is 11.8. The van der Waals surface area contributed by atoms with Crippen molar-refractivity contribution in [3.63, 3.8) is 0 Å². The van der Waals surface area contributed by atoms with Crippen molar-refractivity contribution in [1.82, 2.24) is 15.8 Å². The van der Waals surface area contributed by atoms with Gasteiger partial charge >= 0.3 is 6.03 Å². The normalized spacial score (nSPS) is 25.9. The molecule has 0 spiro atoms. The Morgan fingerprint density at radius 1 is 1.55 bits per heavy atom. The number of primary amides is 1. The third-order valence-electron chi connectivity index (χ3n) is 3.18. The summed E-state index contributed by atoms with van der Waals surface area (Å²) in [6.07, 6.45) is 2.82. The number of likely N-dealkylation sites (N-methyl/N-ethyl adjacent to an activating group) is 1. The molecule has 9 nitrogen and oxygen atoms in total. The standard InChI is InChI=1S/C10H14N4O5S/c1-14-7-4-8(15)6(12-13-10(11)16)2-5(7)3-9(14)20(17,18)19/h2,4,6,9,12H,3H2,1H3,(H3,11,13,16)(H,17,18,19)/t6-,9-/m1/s1. The summed E-state index contributed by atoms with van der Waals surface area (Å²) in [7, 11) is -2.77. The summed E-state index contributed by atoms with van der Waals surface area (Å²) in [4.78, 5) is 23.8. The molecule has 20 heavy (non-hydrogen) atoms. The minimum atomic E-state index is -4.25. The Morgan fingerprint density at radius 2 is 2.20 bits per heavy atom. The zero-order valence-corrected chi connectivity index (χ0v) is 11.3. The second-order valence-electron chi connectivity index (χ2n) is 4.52. The van der Waals surface area contributed by atoms with Crippen LogP contribution in [0.5, 0.6) is 0 Å². The predicted molar refractivity (Wildman–Crippen MR) is 68.5 cm³/mol. The van der Waals surface area contributed by atoms with Crippen molar-refractivity contribution in [2.75, 3.05) is 7.05 Å². The van der Waals surface area contributed by atoms with Crippen LogP contribution in [0.1, 0.15) is 6.42 Å². The van der Waals surface area contributed by atoms with Gasteiger partial charge in [0.1, 0.15) is 6.04 Å². The second-order valence-corrected chi connectivity index (χ2v) is 6.09. The largest absolute Gasteiger partial charge is 0.356 e. The lowest BCUT2D eigenvalue weighted by Crippen LogP contribution is -2.49. The van der Waals surface area contributed by atoms with Crippen LogP contribution in [0, 0.1) is 0 Å². The molecule has 0 radical (unpaired) electrons. The quantitative estimate of drug-likeness (QED) is 0.366. The number of fused-ring (bicyclic) bond motifs is 1. The van der Waals surface area contributed by atoms with E-state index in [1.807, 2.05) is 0 Å². The molecule has 0 saturated carbocycles. The number of amides is 2. The zero-order valence-electron chi connectivity index (χ0n) is 10.5. The number of nitrogens with one attached hydrogen (secondary N) is 2. The fourth-order valence-electron chi connectivity index (χ4n) is 2.23. The Morgan fingerprint density at radius 3 is 2.75 bits per heavy atom. The molecule has 5 N–H and O–H groups in total. The maximum atomic E-state index is 11.8. The molecule has 0 aromatic heterocycles. The van der Waals surface area contributed by atoms with Crippen molar-refractivity contribution >= 4 is 21.9 Å². The molecule has 1 aliphatic carbocycles. The molecule has 2 amide bonds. The van der Waals surface area contributed by atoms with Gasteiger partial charge in [-0.2, -0.15) is 8.42 Å². The monoisotopic (exact) mass is 302 g/mol. The topological polar surface area (TPSA) is 142 Å². The number of hydrogen-bond donors (Lipinski definition) is 4. The van der Waals surface area contributed by atoms with Crippen molar-refractivity contribution in [2.45, 2.75) is 17.8 Å².